The Morgan fingerprint density at radius 1 is 0.964 bits per heavy atom. The number of esters is 1. The fourth-order valence-electron chi connectivity index (χ4n) is 2.28. The van der Waals surface area contributed by atoms with Crippen LogP contribution >= 0.6 is 34.4 Å². The predicted molar refractivity (Wildman–Crippen MR) is 114 cm³/mol. The van der Waals surface area contributed by atoms with E-state index in [1.165, 1.54) is 41.5 Å². The lowest BCUT2D eigenvalue weighted by molar-refractivity contribution is -0.113. The van der Waals surface area contributed by atoms with E-state index >= 15 is 0 Å². The zero-order valence-electron chi connectivity index (χ0n) is 14.8. The second kappa shape index (κ2) is 9.54. The molecule has 144 valence electrons. The molecule has 0 aliphatic heterocycles. The van der Waals surface area contributed by atoms with Gasteiger partial charge in [0.25, 0.3) is 5.91 Å². The summed E-state index contributed by atoms with van der Waals surface area (Å²) < 4.78 is 4.71. The molecule has 0 unspecified atom stereocenters. The third kappa shape index (κ3) is 5.00. The molecule has 3 aromatic rings. The second-order valence-electron chi connectivity index (χ2n) is 5.42. The summed E-state index contributed by atoms with van der Waals surface area (Å²) in [6.07, 6.45) is 0. The number of ether oxygens (including phenoxy) is 1. The van der Waals surface area contributed by atoms with Crippen LogP contribution in [-0.2, 0) is 9.53 Å². The molecule has 0 aliphatic rings. The average molecular weight is 433 g/mol. The number of para-hydroxylation sites is 1. The normalized spacial score (nSPS) is 10.3. The Bertz CT molecular complexity index is 983. The Balaban J connectivity index is 1.62. The van der Waals surface area contributed by atoms with Gasteiger partial charge in [0.05, 0.1) is 29.1 Å². The van der Waals surface area contributed by atoms with E-state index in [0.29, 0.717) is 21.1 Å². The molecule has 9 heteroatoms. The Kier molecular flexibility index (Phi) is 6.85. The van der Waals surface area contributed by atoms with Gasteiger partial charge in [-0.3, -0.25) is 9.59 Å². The van der Waals surface area contributed by atoms with E-state index in [4.69, 9.17) is 4.74 Å². The van der Waals surface area contributed by atoms with Gasteiger partial charge >= 0.3 is 5.97 Å². The maximum absolute atomic E-state index is 12.3. The smallest absolute Gasteiger partial charge is 0.350 e. The number of nitrogens with one attached hydrogen (secondary N) is 2. The molecule has 0 saturated heterocycles. The van der Waals surface area contributed by atoms with Gasteiger partial charge in [0.1, 0.15) is 4.88 Å². The summed E-state index contributed by atoms with van der Waals surface area (Å²) in [6.45, 7) is 0. The van der Waals surface area contributed by atoms with Crippen LogP contribution in [0.4, 0.5) is 11.4 Å². The SMILES string of the molecule is COC(=O)c1sccc1NC(=O)CSc1ccccc1NC(=O)c1cccs1. The number of thiophene rings is 2. The molecule has 0 fully saturated rings. The van der Waals surface area contributed by atoms with Crippen molar-refractivity contribution in [3.63, 3.8) is 0 Å². The van der Waals surface area contributed by atoms with E-state index in [9.17, 15) is 14.4 Å². The highest BCUT2D eigenvalue weighted by atomic mass is 32.2. The van der Waals surface area contributed by atoms with E-state index in [1.54, 1.807) is 23.6 Å². The van der Waals surface area contributed by atoms with Gasteiger partial charge in [0, 0.05) is 4.90 Å². The minimum Gasteiger partial charge on any atom is -0.465 e. The molecule has 0 atom stereocenters. The van der Waals surface area contributed by atoms with Crippen LogP contribution in [0.1, 0.15) is 19.3 Å². The van der Waals surface area contributed by atoms with Gasteiger partial charge in [-0.25, -0.2) is 4.79 Å². The molecule has 6 nitrogen and oxygen atoms in total. The minimum absolute atomic E-state index is 0.127. The van der Waals surface area contributed by atoms with Crippen LogP contribution in [-0.4, -0.2) is 30.6 Å². The molecular weight excluding hydrogens is 416 g/mol. The molecule has 0 aliphatic carbocycles. The van der Waals surface area contributed by atoms with Crippen LogP contribution in [0.3, 0.4) is 0 Å². The van der Waals surface area contributed by atoms with Crippen molar-refractivity contribution in [1.29, 1.82) is 0 Å². The quantitative estimate of drug-likeness (QED) is 0.422. The van der Waals surface area contributed by atoms with Crippen LogP contribution in [0.25, 0.3) is 0 Å². The van der Waals surface area contributed by atoms with Gasteiger partial charge in [0.15, 0.2) is 0 Å². The average Bonchev–Trinajstić information content (AvgIpc) is 3.39. The molecule has 28 heavy (non-hydrogen) atoms. The Hall–Kier alpha value is -2.62. The number of carbonyl (C=O) groups excluding carboxylic acids is 3. The van der Waals surface area contributed by atoms with E-state index in [2.05, 4.69) is 10.6 Å². The number of thioether (sulfide) groups is 1. The van der Waals surface area contributed by atoms with Crippen LogP contribution in [0.15, 0.2) is 58.1 Å². The Morgan fingerprint density at radius 3 is 2.54 bits per heavy atom. The van der Waals surface area contributed by atoms with E-state index in [1.807, 2.05) is 29.6 Å². The molecule has 0 spiro atoms. The van der Waals surface area contributed by atoms with Gasteiger partial charge in [-0.15, -0.1) is 34.4 Å². The zero-order valence-corrected chi connectivity index (χ0v) is 17.2. The summed E-state index contributed by atoms with van der Waals surface area (Å²) in [5, 5.41) is 9.15. The van der Waals surface area contributed by atoms with Gasteiger partial charge in [-0.2, -0.15) is 0 Å². The number of methoxy groups -OCH3 is 1. The van der Waals surface area contributed by atoms with Crippen molar-refractivity contribution in [1.82, 2.24) is 0 Å². The van der Waals surface area contributed by atoms with E-state index in [-0.39, 0.29) is 17.6 Å². The van der Waals surface area contributed by atoms with Crippen molar-refractivity contribution in [2.75, 3.05) is 23.5 Å². The highest BCUT2D eigenvalue weighted by molar-refractivity contribution is 8.00. The van der Waals surface area contributed by atoms with Crippen LogP contribution < -0.4 is 10.6 Å². The lowest BCUT2D eigenvalue weighted by atomic mass is 10.3. The van der Waals surface area contributed by atoms with Crippen molar-refractivity contribution in [2.24, 2.45) is 0 Å². The first-order valence-electron chi connectivity index (χ1n) is 8.11. The largest absolute Gasteiger partial charge is 0.465 e. The standard InChI is InChI=1S/C19H16N2O4S3/c1-25-19(24)17-13(8-10-27-17)20-16(22)11-28-14-6-3-2-5-12(14)21-18(23)15-7-4-9-26-15/h2-10H,11H2,1H3,(H,20,22)(H,21,23). The van der Waals surface area contributed by atoms with Crippen molar-refractivity contribution >= 4 is 63.6 Å². The third-order valence-electron chi connectivity index (χ3n) is 3.55. The predicted octanol–water partition coefficient (Wildman–Crippen LogP) is 4.58. The summed E-state index contributed by atoms with van der Waals surface area (Å²) in [4.78, 5) is 38.0. The molecule has 2 heterocycles. The molecule has 0 radical (unpaired) electrons. The van der Waals surface area contributed by atoms with Crippen molar-refractivity contribution in [2.45, 2.75) is 4.90 Å². The number of carbonyl (C=O) groups is 3. The molecular formula is C19H16N2O4S3. The Labute approximate surface area is 173 Å². The Morgan fingerprint density at radius 2 is 1.79 bits per heavy atom. The third-order valence-corrected chi connectivity index (χ3v) is 6.39. The van der Waals surface area contributed by atoms with Crippen molar-refractivity contribution in [3.05, 3.63) is 63.0 Å². The zero-order chi connectivity index (χ0) is 19.9. The molecule has 2 N–H and O–H groups in total. The number of amides is 2. The van der Waals surface area contributed by atoms with Gasteiger partial charge in [0.2, 0.25) is 5.91 Å². The van der Waals surface area contributed by atoms with E-state index in [0.717, 1.165) is 4.90 Å². The minimum atomic E-state index is -0.486. The van der Waals surface area contributed by atoms with Gasteiger partial charge < -0.3 is 15.4 Å². The molecule has 3 rings (SSSR count). The molecule has 1 aromatic carbocycles. The summed E-state index contributed by atoms with van der Waals surface area (Å²) in [5.41, 5.74) is 1.08. The maximum atomic E-state index is 12.3. The van der Waals surface area contributed by atoms with Crippen molar-refractivity contribution in [3.8, 4) is 0 Å². The summed E-state index contributed by atoms with van der Waals surface area (Å²) in [5.74, 6) is -0.802. The number of benzene rings is 1. The molecule has 0 saturated carbocycles. The lowest BCUT2D eigenvalue weighted by Crippen LogP contribution is -2.16. The molecule has 2 aromatic heterocycles. The lowest BCUT2D eigenvalue weighted by Gasteiger charge is -2.10. The summed E-state index contributed by atoms with van der Waals surface area (Å²) in [7, 11) is 1.30. The maximum Gasteiger partial charge on any atom is 0.350 e. The van der Waals surface area contributed by atoms with Gasteiger partial charge in [-0.1, -0.05) is 18.2 Å². The number of rotatable bonds is 7. The van der Waals surface area contributed by atoms with Crippen LogP contribution in [0.5, 0.6) is 0 Å². The molecule has 2 amide bonds. The number of hydrogen-bond acceptors (Lipinski definition) is 7. The van der Waals surface area contributed by atoms with E-state index < -0.39 is 5.97 Å². The second-order valence-corrected chi connectivity index (χ2v) is 8.30. The van der Waals surface area contributed by atoms with Crippen LogP contribution in [0.2, 0.25) is 0 Å². The highest BCUT2D eigenvalue weighted by Gasteiger charge is 2.16. The first-order valence-corrected chi connectivity index (χ1v) is 10.9. The number of hydrogen-bond donors (Lipinski definition) is 2. The monoisotopic (exact) mass is 432 g/mol. The first kappa shape index (κ1) is 20.1. The summed E-state index contributed by atoms with van der Waals surface area (Å²) in [6, 6.07) is 12.5. The molecule has 0 bridgehead atoms. The highest BCUT2D eigenvalue weighted by Crippen LogP contribution is 2.29. The fraction of sp³-hybridized carbons (Fsp3) is 0.105. The number of anilines is 2. The van der Waals surface area contributed by atoms with Crippen LogP contribution in [0, 0.1) is 0 Å². The fourth-order valence-corrected chi connectivity index (χ4v) is 4.47. The van der Waals surface area contributed by atoms with Crippen molar-refractivity contribution < 1.29 is 19.1 Å². The summed E-state index contributed by atoms with van der Waals surface area (Å²) >= 11 is 3.87. The van der Waals surface area contributed by atoms with Gasteiger partial charge in [-0.05, 0) is 35.0 Å². The first-order chi connectivity index (χ1) is 13.6. The topological polar surface area (TPSA) is 84.5 Å².